The Balaban J connectivity index is 1.51. The molecule has 3 heterocycles. The molecule has 5 rings (SSSR count). The molecule has 8 nitrogen and oxygen atoms in total. The number of fused-ring (bicyclic) bond motifs is 1. The van der Waals surface area contributed by atoms with Crippen LogP contribution in [0.15, 0.2) is 60.8 Å². The summed E-state index contributed by atoms with van der Waals surface area (Å²) in [6.07, 6.45) is 3.89. The van der Waals surface area contributed by atoms with Crippen LogP contribution in [0.4, 0.5) is 5.69 Å². The molecule has 0 aliphatic carbocycles. The van der Waals surface area contributed by atoms with Crippen molar-refractivity contribution < 1.29 is 14.3 Å². The summed E-state index contributed by atoms with van der Waals surface area (Å²) in [6, 6.07) is 17.3. The van der Waals surface area contributed by atoms with Crippen molar-refractivity contribution >= 4 is 17.2 Å². The maximum absolute atomic E-state index is 12.4. The van der Waals surface area contributed by atoms with Crippen molar-refractivity contribution in [2.75, 3.05) is 31.6 Å². The van der Waals surface area contributed by atoms with Crippen molar-refractivity contribution in [1.29, 1.82) is 0 Å². The minimum Gasteiger partial charge on any atom is -0.438 e. The molecule has 1 aliphatic rings. The number of carbonyl (C=O) groups is 1. The summed E-state index contributed by atoms with van der Waals surface area (Å²) in [5.74, 6) is 1.65. The van der Waals surface area contributed by atoms with Crippen LogP contribution in [-0.2, 0) is 4.74 Å². The number of nitrogens with one attached hydrogen (secondary N) is 2. The maximum Gasteiger partial charge on any atom is 0.251 e. The van der Waals surface area contributed by atoms with Crippen molar-refractivity contribution in [2.24, 2.45) is 5.92 Å². The monoisotopic (exact) mass is 485 g/mol. The van der Waals surface area contributed by atoms with Gasteiger partial charge in [0.05, 0.1) is 17.6 Å². The zero-order chi connectivity index (χ0) is 24.9. The highest BCUT2D eigenvalue weighted by molar-refractivity contribution is 5.96. The molecular formula is C28H31N5O3. The smallest absolute Gasteiger partial charge is 0.251 e. The van der Waals surface area contributed by atoms with Crippen LogP contribution in [0.3, 0.4) is 0 Å². The summed E-state index contributed by atoms with van der Waals surface area (Å²) in [5, 5.41) is 11.2. The van der Waals surface area contributed by atoms with Gasteiger partial charge < -0.3 is 20.1 Å². The van der Waals surface area contributed by atoms with Crippen LogP contribution in [0.1, 0.15) is 35.7 Å². The van der Waals surface area contributed by atoms with Gasteiger partial charge in [-0.15, -0.1) is 5.10 Å². The lowest BCUT2D eigenvalue weighted by molar-refractivity contribution is 0.0699. The van der Waals surface area contributed by atoms with Gasteiger partial charge >= 0.3 is 0 Å². The second kappa shape index (κ2) is 10.8. The van der Waals surface area contributed by atoms with Gasteiger partial charge in [-0.1, -0.05) is 24.3 Å². The van der Waals surface area contributed by atoms with Crippen LogP contribution in [0.2, 0.25) is 0 Å². The number of para-hydroxylation sites is 1. The van der Waals surface area contributed by atoms with E-state index in [-0.39, 0.29) is 5.91 Å². The van der Waals surface area contributed by atoms with Crippen LogP contribution in [-0.4, -0.2) is 46.8 Å². The Morgan fingerprint density at radius 2 is 1.94 bits per heavy atom. The van der Waals surface area contributed by atoms with Gasteiger partial charge in [0, 0.05) is 43.5 Å². The molecule has 0 unspecified atom stereocenters. The molecule has 36 heavy (non-hydrogen) atoms. The van der Waals surface area contributed by atoms with E-state index in [0.717, 1.165) is 60.8 Å². The highest BCUT2D eigenvalue weighted by Crippen LogP contribution is 2.30. The lowest BCUT2D eigenvalue weighted by Crippen LogP contribution is -2.23. The van der Waals surface area contributed by atoms with Crippen molar-refractivity contribution in [1.82, 2.24) is 19.9 Å². The minimum absolute atomic E-state index is 0.0732. The van der Waals surface area contributed by atoms with E-state index in [0.29, 0.717) is 29.7 Å². The Labute approximate surface area is 210 Å². The number of ether oxygens (including phenoxy) is 2. The first-order chi connectivity index (χ1) is 17.6. The minimum atomic E-state index is -0.0732. The van der Waals surface area contributed by atoms with Crippen molar-refractivity contribution in [3.63, 3.8) is 0 Å². The fraction of sp³-hybridized carbons (Fsp3) is 0.321. The molecule has 1 aliphatic heterocycles. The number of anilines is 1. The molecule has 2 aromatic carbocycles. The summed E-state index contributed by atoms with van der Waals surface area (Å²) in [5.41, 5.74) is 4.89. The van der Waals surface area contributed by atoms with Crippen LogP contribution >= 0.6 is 0 Å². The number of aryl methyl sites for hydroxylation is 1. The Bertz CT molecular complexity index is 1350. The first kappa shape index (κ1) is 23.8. The van der Waals surface area contributed by atoms with Crippen molar-refractivity contribution in [3.8, 4) is 22.9 Å². The summed E-state index contributed by atoms with van der Waals surface area (Å²) < 4.78 is 13.4. The molecule has 0 saturated carbocycles. The van der Waals surface area contributed by atoms with Gasteiger partial charge in [-0.2, -0.15) is 0 Å². The predicted octanol–water partition coefficient (Wildman–Crippen LogP) is 5.09. The van der Waals surface area contributed by atoms with Gasteiger partial charge in [0.25, 0.3) is 5.91 Å². The van der Waals surface area contributed by atoms with E-state index in [1.54, 1.807) is 0 Å². The molecule has 186 valence electrons. The molecular weight excluding hydrogens is 454 g/mol. The molecule has 2 aromatic heterocycles. The van der Waals surface area contributed by atoms with E-state index in [1.165, 1.54) is 0 Å². The third-order valence-corrected chi connectivity index (χ3v) is 6.44. The number of aromatic nitrogens is 3. The number of amides is 1. The van der Waals surface area contributed by atoms with Gasteiger partial charge in [0.1, 0.15) is 5.75 Å². The van der Waals surface area contributed by atoms with E-state index in [9.17, 15) is 4.79 Å². The molecule has 0 spiro atoms. The topological polar surface area (TPSA) is 89.8 Å². The molecule has 4 aromatic rings. The molecule has 0 bridgehead atoms. The quantitative estimate of drug-likeness (QED) is 0.362. The average Bonchev–Trinajstić information content (AvgIpc) is 3.32. The van der Waals surface area contributed by atoms with Crippen molar-refractivity contribution in [2.45, 2.75) is 26.7 Å². The van der Waals surface area contributed by atoms with Gasteiger partial charge in [-0.3, -0.25) is 4.79 Å². The van der Waals surface area contributed by atoms with E-state index in [2.05, 4.69) is 10.6 Å². The Hall–Kier alpha value is -3.91. The second-order valence-electron chi connectivity index (χ2n) is 9.02. The summed E-state index contributed by atoms with van der Waals surface area (Å²) in [7, 11) is 0. The van der Waals surface area contributed by atoms with Gasteiger partial charge in [0.2, 0.25) is 5.88 Å². The van der Waals surface area contributed by atoms with Crippen LogP contribution in [0.5, 0.6) is 11.6 Å². The molecule has 8 heteroatoms. The van der Waals surface area contributed by atoms with Crippen LogP contribution in [0.25, 0.3) is 16.9 Å². The fourth-order valence-corrected chi connectivity index (χ4v) is 4.47. The predicted molar refractivity (Wildman–Crippen MR) is 140 cm³/mol. The van der Waals surface area contributed by atoms with E-state index < -0.39 is 0 Å². The fourth-order valence-electron chi connectivity index (χ4n) is 4.47. The Morgan fingerprint density at radius 3 is 2.69 bits per heavy atom. The summed E-state index contributed by atoms with van der Waals surface area (Å²) in [4.78, 5) is 17.1. The van der Waals surface area contributed by atoms with Gasteiger partial charge in [0.15, 0.2) is 5.65 Å². The number of benzene rings is 2. The van der Waals surface area contributed by atoms with Crippen molar-refractivity contribution in [3.05, 3.63) is 71.9 Å². The largest absolute Gasteiger partial charge is 0.438 e. The average molecular weight is 486 g/mol. The van der Waals surface area contributed by atoms with Crippen LogP contribution in [0, 0.1) is 12.8 Å². The molecule has 0 radical (unpaired) electrons. The van der Waals surface area contributed by atoms with Gasteiger partial charge in [-0.25, -0.2) is 9.50 Å². The lowest BCUT2D eigenvalue weighted by Gasteiger charge is -2.22. The third-order valence-electron chi connectivity index (χ3n) is 6.44. The van der Waals surface area contributed by atoms with Crippen LogP contribution < -0.4 is 15.4 Å². The summed E-state index contributed by atoms with van der Waals surface area (Å²) >= 11 is 0. The normalized spacial score (nSPS) is 14.1. The highest BCUT2D eigenvalue weighted by atomic mass is 16.5. The third kappa shape index (κ3) is 5.18. The number of carbonyl (C=O) groups excluding carboxylic acids is 1. The molecule has 0 atom stereocenters. The van der Waals surface area contributed by atoms with E-state index >= 15 is 0 Å². The first-order valence-electron chi connectivity index (χ1n) is 12.4. The number of nitrogens with zero attached hydrogens (tertiary/aromatic N) is 3. The zero-order valence-electron chi connectivity index (χ0n) is 20.7. The molecule has 1 amide bonds. The van der Waals surface area contributed by atoms with E-state index in [1.807, 2.05) is 79.2 Å². The molecule has 2 N–H and O–H groups in total. The van der Waals surface area contributed by atoms with E-state index in [4.69, 9.17) is 19.6 Å². The standard InChI is InChI=1S/C28H31N5O3/c1-3-29-28(34)23-10-9-21(15-19(23)2)25-18-31-27-24(30-17-20-11-13-35-14-12-20)16-26(32-33(25)27)36-22-7-5-4-6-8-22/h4-10,15-16,18,20,30H,3,11-14,17H2,1-2H3,(H,29,34). The number of imidazole rings is 1. The van der Waals surface area contributed by atoms with Gasteiger partial charge in [-0.05, 0) is 62.4 Å². The highest BCUT2D eigenvalue weighted by Gasteiger charge is 2.18. The zero-order valence-corrected chi connectivity index (χ0v) is 20.7. The maximum atomic E-state index is 12.4. The Morgan fingerprint density at radius 1 is 1.14 bits per heavy atom. The number of rotatable bonds is 8. The Kier molecular flexibility index (Phi) is 7.13. The lowest BCUT2D eigenvalue weighted by atomic mass is 10.0. The summed E-state index contributed by atoms with van der Waals surface area (Å²) in [6.45, 7) is 6.88. The second-order valence-corrected chi connectivity index (χ2v) is 9.02. The SMILES string of the molecule is CCNC(=O)c1ccc(-c2cnc3c(NCC4CCOCC4)cc(Oc4ccccc4)nn23)cc1C. The molecule has 1 saturated heterocycles. The molecule has 1 fully saturated rings. The number of hydrogen-bond donors (Lipinski definition) is 2. The number of hydrogen-bond acceptors (Lipinski definition) is 6. The first-order valence-corrected chi connectivity index (χ1v) is 12.4.